The highest BCUT2D eigenvalue weighted by Gasteiger charge is 2.18. The van der Waals surface area contributed by atoms with E-state index in [1.807, 2.05) is 0 Å². The Morgan fingerprint density at radius 2 is 1.30 bits per heavy atom. The van der Waals surface area contributed by atoms with Crippen LogP contribution in [0.25, 0.3) is 0 Å². The molecule has 1 aliphatic rings. The second kappa shape index (κ2) is 7.77. The summed E-state index contributed by atoms with van der Waals surface area (Å²) in [6.07, 6.45) is 2.68. The fourth-order valence-corrected chi connectivity index (χ4v) is 2.66. The Hall–Kier alpha value is -0.120. The summed E-state index contributed by atoms with van der Waals surface area (Å²) in [6, 6.07) is 0. The molecule has 0 unspecified atom stereocenters. The van der Waals surface area contributed by atoms with Gasteiger partial charge in [-0.05, 0) is 45.6 Å². The quantitative estimate of drug-likeness (QED) is 0.809. The summed E-state index contributed by atoms with van der Waals surface area (Å²) >= 11 is 0. The van der Waals surface area contributed by atoms with Crippen LogP contribution in [-0.4, -0.2) is 61.2 Å². The molecule has 0 aromatic heterocycles. The van der Waals surface area contributed by atoms with Crippen molar-refractivity contribution >= 4 is 0 Å². The third-order valence-corrected chi connectivity index (χ3v) is 3.95. The van der Waals surface area contributed by atoms with Crippen LogP contribution in [0.2, 0.25) is 0 Å². The zero-order valence-electron chi connectivity index (χ0n) is 14.8. The van der Waals surface area contributed by atoms with E-state index in [1.165, 1.54) is 52.1 Å². The van der Waals surface area contributed by atoms with Crippen molar-refractivity contribution in [3.63, 3.8) is 0 Å². The largest absolute Gasteiger partial charge is 0.311 e. The number of piperazine rings is 1. The molecule has 1 heterocycles. The summed E-state index contributed by atoms with van der Waals surface area (Å²) in [6.45, 7) is 22.3. The normalized spacial score (nSPS) is 19.5. The van der Waals surface area contributed by atoms with Crippen molar-refractivity contribution < 1.29 is 0 Å². The third kappa shape index (κ3) is 8.93. The maximum atomic E-state index is 3.58. The van der Waals surface area contributed by atoms with Crippen molar-refractivity contribution in [2.24, 2.45) is 5.41 Å². The average molecular weight is 284 g/mol. The molecule has 120 valence electrons. The molecule has 1 saturated heterocycles. The second-order valence-electron chi connectivity index (χ2n) is 8.52. The van der Waals surface area contributed by atoms with E-state index in [0.717, 1.165) is 6.54 Å². The highest BCUT2D eigenvalue weighted by Crippen LogP contribution is 2.20. The molecule has 0 radical (unpaired) electrons. The lowest BCUT2D eigenvalue weighted by Gasteiger charge is -2.35. The van der Waals surface area contributed by atoms with Gasteiger partial charge in [-0.25, -0.2) is 0 Å². The molecule has 0 saturated carbocycles. The SMILES string of the molecule is CC(C)(C)CCCN1CCN(CCNC(C)(C)C)CC1. The van der Waals surface area contributed by atoms with Gasteiger partial charge in [0.25, 0.3) is 0 Å². The summed E-state index contributed by atoms with van der Waals surface area (Å²) in [5, 5.41) is 3.58. The van der Waals surface area contributed by atoms with Crippen LogP contribution >= 0.6 is 0 Å². The first kappa shape index (κ1) is 17.9. The first-order chi connectivity index (χ1) is 9.16. The zero-order valence-corrected chi connectivity index (χ0v) is 14.8. The molecule has 0 atom stereocenters. The minimum absolute atomic E-state index is 0.245. The van der Waals surface area contributed by atoms with Crippen LogP contribution in [0.3, 0.4) is 0 Å². The van der Waals surface area contributed by atoms with E-state index in [-0.39, 0.29) is 5.54 Å². The Balaban J connectivity index is 2.08. The van der Waals surface area contributed by atoms with Crippen LogP contribution in [0.5, 0.6) is 0 Å². The van der Waals surface area contributed by atoms with Crippen LogP contribution < -0.4 is 5.32 Å². The number of nitrogens with zero attached hydrogens (tertiary/aromatic N) is 2. The Morgan fingerprint density at radius 1 is 0.800 bits per heavy atom. The van der Waals surface area contributed by atoms with Gasteiger partial charge in [0.1, 0.15) is 0 Å². The van der Waals surface area contributed by atoms with E-state index in [0.29, 0.717) is 5.41 Å². The summed E-state index contributed by atoms with van der Waals surface area (Å²) in [5.74, 6) is 0. The molecule has 1 rings (SSSR count). The van der Waals surface area contributed by atoms with Gasteiger partial charge in [0, 0.05) is 44.8 Å². The van der Waals surface area contributed by atoms with E-state index < -0.39 is 0 Å². The molecule has 3 nitrogen and oxygen atoms in total. The summed E-state index contributed by atoms with van der Waals surface area (Å²) < 4.78 is 0. The van der Waals surface area contributed by atoms with E-state index in [1.54, 1.807) is 0 Å². The first-order valence-electron chi connectivity index (χ1n) is 8.35. The van der Waals surface area contributed by atoms with Gasteiger partial charge in [0.15, 0.2) is 0 Å². The van der Waals surface area contributed by atoms with Crippen LogP contribution in [0.15, 0.2) is 0 Å². The highest BCUT2D eigenvalue weighted by atomic mass is 15.3. The maximum Gasteiger partial charge on any atom is 0.0110 e. The summed E-state index contributed by atoms with van der Waals surface area (Å²) in [5.41, 5.74) is 0.731. The lowest BCUT2D eigenvalue weighted by atomic mass is 9.90. The van der Waals surface area contributed by atoms with Crippen molar-refractivity contribution in [3.05, 3.63) is 0 Å². The molecule has 3 heteroatoms. The minimum Gasteiger partial charge on any atom is -0.311 e. The van der Waals surface area contributed by atoms with Crippen LogP contribution in [0.4, 0.5) is 0 Å². The lowest BCUT2D eigenvalue weighted by molar-refractivity contribution is 0.126. The molecular formula is C17H37N3. The smallest absolute Gasteiger partial charge is 0.0110 e. The topological polar surface area (TPSA) is 18.5 Å². The van der Waals surface area contributed by atoms with Gasteiger partial charge in [0.2, 0.25) is 0 Å². The Kier molecular flexibility index (Phi) is 6.96. The summed E-state index contributed by atoms with van der Waals surface area (Å²) in [7, 11) is 0. The molecule has 1 fully saturated rings. The first-order valence-corrected chi connectivity index (χ1v) is 8.35. The van der Waals surface area contributed by atoms with Crippen molar-refractivity contribution in [2.75, 3.05) is 45.8 Å². The number of hydrogen-bond donors (Lipinski definition) is 1. The minimum atomic E-state index is 0.245. The third-order valence-electron chi connectivity index (χ3n) is 3.95. The molecule has 0 amide bonds. The maximum absolute atomic E-state index is 3.58. The Labute approximate surface area is 127 Å². The van der Waals surface area contributed by atoms with Gasteiger partial charge in [0.05, 0.1) is 0 Å². The summed E-state index contributed by atoms with van der Waals surface area (Å²) in [4.78, 5) is 5.23. The monoisotopic (exact) mass is 283 g/mol. The zero-order chi connectivity index (χ0) is 15.2. The van der Waals surface area contributed by atoms with Gasteiger partial charge in [-0.1, -0.05) is 20.8 Å². The molecular weight excluding hydrogens is 246 g/mol. The fraction of sp³-hybridized carbons (Fsp3) is 1.00. The fourth-order valence-electron chi connectivity index (χ4n) is 2.66. The van der Waals surface area contributed by atoms with E-state index in [4.69, 9.17) is 0 Å². The molecule has 0 aromatic rings. The lowest BCUT2D eigenvalue weighted by Crippen LogP contribution is -2.49. The van der Waals surface area contributed by atoms with Crippen molar-refractivity contribution in [1.29, 1.82) is 0 Å². The van der Waals surface area contributed by atoms with Crippen LogP contribution in [0.1, 0.15) is 54.4 Å². The standard InChI is InChI=1S/C17H37N3/c1-16(2,3)8-7-10-19-12-14-20(15-13-19)11-9-18-17(4,5)6/h18H,7-15H2,1-6H3. The molecule has 1 N–H and O–H groups in total. The van der Waals surface area contributed by atoms with Crippen molar-refractivity contribution in [1.82, 2.24) is 15.1 Å². The van der Waals surface area contributed by atoms with Gasteiger partial charge < -0.3 is 10.2 Å². The molecule has 0 aromatic carbocycles. The van der Waals surface area contributed by atoms with Gasteiger partial charge in [-0.15, -0.1) is 0 Å². The van der Waals surface area contributed by atoms with Crippen LogP contribution in [0, 0.1) is 5.41 Å². The van der Waals surface area contributed by atoms with Crippen molar-refractivity contribution in [3.8, 4) is 0 Å². The number of nitrogens with one attached hydrogen (secondary N) is 1. The molecule has 0 spiro atoms. The van der Waals surface area contributed by atoms with Gasteiger partial charge in [-0.2, -0.15) is 0 Å². The molecule has 20 heavy (non-hydrogen) atoms. The van der Waals surface area contributed by atoms with Gasteiger partial charge in [-0.3, -0.25) is 4.90 Å². The van der Waals surface area contributed by atoms with E-state index in [9.17, 15) is 0 Å². The highest BCUT2D eigenvalue weighted by molar-refractivity contribution is 4.75. The van der Waals surface area contributed by atoms with Gasteiger partial charge >= 0.3 is 0 Å². The van der Waals surface area contributed by atoms with Crippen LogP contribution in [-0.2, 0) is 0 Å². The predicted octanol–water partition coefficient (Wildman–Crippen LogP) is 2.82. The number of rotatable bonds is 6. The Bertz CT molecular complexity index is 226. The average Bonchev–Trinajstić information content (AvgIpc) is 2.28. The van der Waals surface area contributed by atoms with E-state index in [2.05, 4.69) is 56.7 Å². The molecule has 0 bridgehead atoms. The van der Waals surface area contributed by atoms with E-state index >= 15 is 0 Å². The number of hydrogen-bond acceptors (Lipinski definition) is 3. The molecule has 0 aliphatic carbocycles. The predicted molar refractivity (Wildman–Crippen MR) is 89.3 cm³/mol. The van der Waals surface area contributed by atoms with Crippen molar-refractivity contribution in [2.45, 2.75) is 59.9 Å². The Morgan fingerprint density at radius 3 is 1.75 bits per heavy atom. The molecule has 1 aliphatic heterocycles. The second-order valence-corrected chi connectivity index (χ2v) is 8.52.